The second-order valence-electron chi connectivity index (χ2n) is 7.15. The van der Waals surface area contributed by atoms with Crippen LogP contribution in [0.1, 0.15) is 57.9 Å². The first-order chi connectivity index (χ1) is 10.5. The van der Waals surface area contributed by atoms with Crippen molar-refractivity contribution in [3.63, 3.8) is 0 Å². The largest absolute Gasteiger partial charge is 0.354 e. The molecule has 0 saturated carbocycles. The standard InChI is InChI=1S/C19H30N2O/c1-16(17-10-6-4-7-11-17)14-18(22)20-15-19(2,3)21-12-8-5-9-13-21/h4,6-7,10-11,16H,5,8-9,12-15H2,1-3H3,(H,20,22). The molecule has 1 N–H and O–H groups in total. The fraction of sp³-hybridized carbons (Fsp3) is 0.632. The van der Waals surface area contributed by atoms with Gasteiger partial charge in [-0.05, 0) is 51.3 Å². The van der Waals surface area contributed by atoms with Crippen LogP contribution in [-0.4, -0.2) is 36.0 Å². The molecule has 1 heterocycles. The summed E-state index contributed by atoms with van der Waals surface area (Å²) in [5.41, 5.74) is 1.28. The lowest BCUT2D eigenvalue weighted by Crippen LogP contribution is -2.53. The fourth-order valence-corrected chi connectivity index (χ4v) is 3.18. The van der Waals surface area contributed by atoms with Crippen LogP contribution in [0.5, 0.6) is 0 Å². The van der Waals surface area contributed by atoms with Crippen LogP contribution in [0, 0.1) is 0 Å². The number of nitrogens with one attached hydrogen (secondary N) is 1. The molecular formula is C19H30N2O. The number of nitrogens with zero attached hydrogens (tertiary/aromatic N) is 1. The van der Waals surface area contributed by atoms with Crippen LogP contribution in [0.25, 0.3) is 0 Å². The summed E-state index contributed by atoms with van der Waals surface area (Å²) in [5.74, 6) is 0.417. The molecule has 2 rings (SSSR count). The van der Waals surface area contributed by atoms with Crippen LogP contribution in [0.2, 0.25) is 0 Å². The van der Waals surface area contributed by atoms with Crippen molar-refractivity contribution in [2.24, 2.45) is 0 Å². The molecule has 3 heteroatoms. The predicted molar refractivity (Wildman–Crippen MR) is 92.0 cm³/mol. The Bertz CT molecular complexity index is 464. The van der Waals surface area contributed by atoms with E-state index >= 15 is 0 Å². The molecule has 22 heavy (non-hydrogen) atoms. The van der Waals surface area contributed by atoms with E-state index in [0.717, 1.165) is 19.6 Å². The van der Waals surface area contributed by atoms with E-state index in [-0.39, 0.29) is 17.4 Å². The van der Waals surface area contributed by atoms with Gasteiger partial charge in [0.2, 0.25) is 5.91 Å². The van der Waals surface area contributed by atoms with E-state index in [2.05, 4.69) is 43.1 Å². The summed E-state index contributed by atoms with van der Waals surface area (Å²) in [6, 6.07) is 10.3. The zero-order chi connectivity index (χ0) is 16.0. The molecule has 1 amide bonds. The Kier molecular flexibility index (Phi) is 6.01. The number of hydrogen-bond acceptors (Lipinski definition) is 2. The van der Waals surface area contributed by atoms with E-state index < -0.39 is 0 Å². The maximum absolute atomic E-state index is 12.2. The van der Waals surface area contributed by atoms with E-state index in [4.69, 9.17) is 0 Å². The summed E-state index contributed by atoms with van der Waals surface area (Å²) in [4.78, 5) is 14.7. The normalized spacial score (nSPS) is 18.0. The summed E-state index contributed by atoms with van der Waals surface area (Å²) in [7, 11) is 0. The van der Waals surface area contributed by atoms with Crippen molar-refractivity contribution in [1.29, 1.82) is 0 Å². The molecule has 1 unspecified atom stereocenters. The Balaban J connectivity index is 1.79. The molecule has 1 aromatic rings. The molecule has 1 aromatic carbocycles. The first-order valence-corrected chi connectivity index (χ1v) is 8.56. The highest BCUT2D eigenvalue weighted by Gasteiger charge is 2.28. The van der Waals surface area contributed by atoms with Gasteiger partial charge in [-0.15, -0.1) is 0 Å². The summed E-state index contributed by atoms with van der Waals surface area (Å²) in [6.45, 7) is 9.63. The van der Waals surface area contributed by atoms with Gasteiger partial charge in [0.1, 0.15) is 0 Å². The van der Waals surface area contributed by atoms with Crippen molar-refractivity contribution in [2.75, 3.05) is 19.6 Å². The minimum absolute atomic E-state index is 0.0477. The van der Waals surface area contributed by atoms with E-state index in [9.17, 15) is 4.79 Å². The van der Waals surface area contributed by atoms with Gasteiger partial charge in [0.15, 0.2) is 0 Å². The molecule has 1 saturated heterocycles. The average molecular weight is 302 g/mol. The Morgan fingerprint density at radius 3 is 2.45 bits per heavy atom. The maximum Gasteiger partial charge on any atom is 0.220 e. The smallest absolute Gasteiger partial charge is 0.220 e. The highest BCUT2D eigenvalue weighted by molar-refractivity contribution is 5.76. The van der Waals surface area contributed by atoms with E-state index in [0.29, 0.717) is 6.42 Å². The summed E-state index contributed by atoms with van der Waals surface area (Å²) < 4.78 is 0. The minimum Gasteiger partial charge on any atom is -0.354 e. The van der Waals surface area contributed by atoms with Crippen LogP contribution in [0.3, 0.4) is 0 Å². The van der Waals surface area contributed by atoms with Gasteiger partial charge in [0.05, 0.1) is 0 Å². The maximum atomic E-state index is 12.2. The van der Waals surface area contributed by atoms with Gasteiger partial charge >= 0.3 is 0 Å². The number of rotatable bonds is 6. The first kappa shape index (κ1) is 17.0. The Morgan fingerprint density at radius 2 is 1.82 bits per heavy atom. The number of piperidine rings is 1. The lowest BCUT2D eigenvalue weighted by Gasteiger charge is -2.41. The minimum atomic E-state index is 0.0477. The molecule has 122 valence electrons. The second kappa shape index (κ2) is 7.77. The van der Waals surface area contributed by atoms with Gasteiger partial charge in [-0.1, -0.05) is 43.7 Å². The highest BCUT2D eigenvalue weighted by atomic mass is 16.1. The van der Waals surface area contributed by atoms with Crippen LogP contribution >= 0.6 is 0 Å². The summed E-state index contributed by atoms with van der Waals surface area (Å²) in [5, 5.41) is 3.14. The number of hydrogen-bond donors (Lipinski definition) is 1. The van der Waals surface area contributed by atoms with E-state index in [1.807, 2.05) is 18.2 Å². The van der Waals surface area contributed by atoms with Crippen LogP contribution in [-0.2, 0) is 4.79 Å². The molecule has 0 aliphatic carbocycles. The molecular weight excluding hydrogens is 272 g/mol. The zero-order valence-electron chi connectivity index (χ0n) is 14.3. The van der Waals surface area contributed by atoms with Gasteiger partial charge in [-0.3, -0.25) is 9.69 Å². The highest BCUT2D eigenvalue weighted by Crippen LogP contribution is 2.21. The van der Waals surface area contributed by atoms with Crippen LogP contribution < -0.4 is 5.32 Å². The third kappa shape index (κ3) is 4.84. The number of benzene rings is 1. The molecule has 1 fully saturated rings. The van der Waals surface area contributed by atoms with Gasteiger partial charge in [-0.2, -0.15) is 0 Å². The lowest BCUT2D eigenvalue weighted by atomic mass is 9.96. The quantitative estimate of drug-likeness (QED) is 0.871. The molecule has 0 spiro atoms. The summed E-state index contributed by atoms with van der Waals surface area (Å²) >= 11 is 0. The van der Waals surface area contributed by atoms with Gasteiger partial charge < -0.3 is 5.32 Å². The van der Waals surface area contributed by atoms with Crippen molar-refractivity contribution in [3.8, 4) is 0 Å². The molecule has 1 aliphatic heterocycles. The third-order valence-electron chi connectivity index (χ3n) is 4.79. The Labute approximate surface area is 135 Å². The van der Waals surface area contributed by atoms with Gasteiger partial charge in [-0.25, -0.2) is 0 Å². The van der Waals surface area contributed by atoms with Gasteiger partial charge in [0, 0.05) is 18.5 Å². The lowest BCUT2D eigenvalue weighted by molar-refractivity contribution is -0.122. The Hall–Kier alpha value is -1.35. The molecule has 0 radical (unpaired) electrons. The molecule has 1 aliphatic rings. The predicted octanol–water partition coefficient (Wildman–Crippen LogP) is 3.56. The van der Waals surface area contributed by atoms with Crippen molar-refractivity contribution < 1.29 is 4.79 Å². The number of carbonyl (C=O) groups is 1. The van der Waals surface area contributed by atoms with Crippen LogP contribution in [0.15, 0.2) is 30.3 Å². The molecule has 0 bridgehead atoms. The van der Waals surface area contributed by atoms with Crippen molar-refractivity contribution in [2.45, 2.75) is 57.9 Å². The number of likely N-dealkylation sites (tertiary alicyclic amines) is 1. The molecule has 3 nitrogen and oxygen atoms in total. The van der Waals surface area contributed by atoms with Crippen molar-refractivity contribution in [3.05, 3.63) is 35.9 Å². The first-order valence-electron chi connectivity index (χ1n) is 8.56. The fourth-order valence-electron chi connectivity index (χ4n) is 3.18. The van der Waals surface area contributed by atoms with Crippen molar-refractivity contribution >= 4 is 5.91 Å². The van der Waals surface area contributed by atoms with Crippen LogP contribution in [0.4, 0.5) is 0 Å². The third-order valence-corrected chi connectivity index (χ3v) is 4.79. The van der Waals surface area contributed by atoms with E-state index in [1.165, 1.54) is 24.8 Å². The average Bonchev–Trinajstić information content (AvgIpc) is 2.55. The molecule has 1 atom stereocenters. The zero-order valence-corrected chi connectivity index (χ0v) is 14.3. The summed E-state index contributed by atoms with van der Waals surface area (Å²) in [6.07, 6.45) is 4.46. The van der Waals surface area contributed by atoms with Crippen molar-refractivity contribution in [1.82, 2.24) is 10.2 Å². The Morgan fingerprint density at radius 1 is 1.18 bits per heavy atom. The number of carbonyl (C=O) groups excluding carboxylic acids is 1. The second-order valence-corrected chi connectivity index (χ2v) is 7.15. The topological polar surface area (TPSA) is 32.3 Å². The number of amides is 1. The molecule has 0 aromatic heterocycles. The van der Waals surface area contributed by atoms with Gasteiger partial charge in [0.25, 0.3) is 0 Å². The van der Waals surface area contributed by atoms with E-state index in [1.54, 1.807) is 0 Å². The SMILES string of the molecule is CC(CC(=O)NCC(C)(C)N1CCCCC1)c1ccccc1. The monoisotopic (exact) mass is 302 g/mol.